The molecule has 0 bridgehead atoms. The van der Waals surface area contributed by atoms with E-state index in [-0.39, 0.29) is 0 Å². The highest BCUT2D eigenvalue weighted by atomic mass is 15.2. The maximum absolute atomic E-state index is 5.69. The van der Waals surface area contributed by atoms with Crippen LogP contribution in [0.2, 0.25) is 0 Å². The lowest BCUT2D eigenvalue weighted by Gasteiger charge is -2.17. The first kappa shape index (κ1) is 9.53. The molecule has 3 heterocycles. The van der Waals surface area contributed by atoms with Gasteiger partial charge in [0.05, 0.1) is 6.33 Å². The van der Waals surface area contributed by atoms with Gasteiger partial charge in [-0.15, -0.1) is 0 Å². The normalized spacial score (nSPS) is 20.8. The van der Waals surface area contributed by atoms with Crippen molar-refractivity contribution in [3.63, 3.8) is 0 Å². The molecule has 1 unspecified atom stereocenters. The number of hydrogen-bond acceptors (Lipinski definition) is 5. The quantitative estimate of drug-likeness (QED) is 0.749. The summed E-state index contributed by atoms with van der Waals surface area (Å²) in [5, 5.41) is 0. The second-order valence-electron chi connectivity index (χ2n) is 4.13. The Bertz CT molecular complexity index is 493. The average molecular weight is 218 g/mol. The molecular formula is C10H14N6. The summed E-state index contributed by atoms with van der Waals surface area (Å²) in [4.78, 5) is 17.9. The summed E-state index contributed by atoms with van der Waals surface area (Å²) in [6.45, 7) is 2.72. The van der Waals surface area contributed by atoms with E-state index in [0.717, 1.165) is 43.0 Å². The van der Waals surface area contributed by atoms with Crippen LogP contribution in [-0.2, 0) is 0 Å². The zero-order chi connectivity index (χ0) is 11.0. The molecule has 0 saturated carbocycles. The molecule has 2 aromatic rings. The summed E-state index contributed by atoms with van der Waals surface area (Å²) in [5.41, 5.74) is 7.33. The summed E-state index contributed by atoms with van der Waals surface area (Å²) in [6.07, 6.45) is 4.35. The van der Waals surface area contributed by atoms with Gasteiger partial charge in [-0.05, 0) is 18.9 Å². The van der Waals surface area contributed by atoms with Crippen molar-refractivity contribution in [1.82, 2.24) is 19.9 Å². The van der Waals surface area contributed by atoms with E-state index in [1.165, 1.54) is 0 Å². The molecule has 0 aromatic carbocycles. The number of hydrogen-bond donors (Lipinski definition) is 2. The maximum atomic E-state index is 5.69. The van der Waals surface area contributed by atoms with Crippen LogP contribution in [-0.4, -0.2) is 39.6 Å². The zero-order valence-corrected chi connectivity index (χ0v) is 8.93. The first-order chi connectivity index (χ1) is 7.88. The molecule has 1 atom stereocenters. The largest absolute Gasteiger partial charge is 0.354 e. The van der Waals surface area contributed by atoms with Gasteiger partial charge in [0.15, 0.2) is 11.5 Å². The van der Waals surface area contributed by atoms with E-state index in [9.17, 15) is 0 Å². The van der Waals surface area contributed by atoms with Gasteiger partial charge in [0.1, 0.15) is 11.8 Å². The van der Waals surface area contributed by atoms with Gasteiger partial charge in [-0.3, -0.25) is 0 Å². The molecule has 3 rings (SSSR count). The third-order valence-electron chi connectivity index (χ3n) is 3.12. The van der Waals surface area contributed by atoms with Crippen molar-refractivity contribution in [3.05, 3.63) is 12.7 Å². The number of H-pyrrole nitrogens is 1. The first-order valence-corrected chi connectivity index (χ1v) is 5.47. The van der Waals surface area contributed by atoms with Crippen LogP contribution >= 0.6 is 0 Å². The fourth-order valence-electron chi connectivity index (χ4n) is 2.21. The number of aromatic nitrogens is 4. The number of nitrogens with two attached hydrogens (primary N) is 1. The molecule has 16 heavy (non-hydrogen) atoms. The van der Waals surface area contributed by atoms with E-state index in [1.807, 2.05) is 0 Å². The lowest BCUT2D eigenvalue weighted by molar-refractivity contribution is 0.602. The Kier molecular flexibility index (Phi) is 2.21. The molecule has 0 aliphatic carbocycles. The Morgan fingerprint density at radius 1 is 1.44 bits per heavy atom. The van der Waals surface area contributed by atoms with E-state index in [1.54, 1.807) is 12.7 Å². The van der Waals surface area contributed by atoms with Crippen LogP contribution in [0.15, 0.2) is 12.7 Å². The Hall–Kier alpha value is -1.69. The fourth-order valence-corrected chi connectivity index (χ4v) is 2.21. The van der Waals surface area contributed by atoms with Gasteiger partial charge >= 0.3 is 0 Å². The Balaban J connectivity index is 1.97. The second-order valence-corrected chi connectivity index (χ2v) is 4.13. The van der Waals surface area contributed by atoms with Crippen LogP contribution in [0, 0.1) is 5.92 Å². The van der Waals surface area contributed by atoms with E-state index < -0.39 is 0 Å². The van der Waals surface area contributed by atoms with Crippen LogP contribution in [0.5, 0.6) is 0 Å². The van der Waals surface area contributed by atoms with E-state index in [4.69, 9.17) is 5.73 Å². The highest BCUT2D eigenvalue weighted by Crippen LogP contribution is 2.25. The van der Waals surface area contributed by atoms with E-state index in [2.05, 4.69) is 24.8 Å². The van der Waals surface area contributed by atoms with Crippen LogP contribution in [0.4, 0.5) is 5.82 Å². The number of aromatic amines is 1. The molecule has 1 saturated heterocycles. The molecule has 1 aliphatic rings. The third-order valence-corrected chi connectivity index (χ3v) is 3.12. The minimum atomic E-state index is 0.577. The monoisotopic (exact) mass is 218 g/mol. The molecular weight excluding hydrogens is 204 g/mol. The third kappa shape index (κ3) is 1.42. The molecule has 0 radical (unpaired) electrons. The first-order valence-electron chi connectivity index (χ1n) is 5.47. The summed E-state index contributed by atoms with van der Waals surface area (Å²) in [7, 11) is 0. The highest BCUT2D eigenvalue weighted by Gasteiger charge is 2.24. The highest BCUT2D eigenvalue weighted by molar-refractivity contribution is 5.82. The predicted octanol–water partition coefficient (Wildman–Crippen LogP) is 0.138. The molecule has 1 aliphatic heterocycles. The lowest BCUT2D eigenvalue weighted by Crippen LogP contribution is -2.23. The molecule has 0 amide bonds. The summed E-state index contributed by atoms with van der Waals surface area (Å²) < 4.78 is 0. The van der Waals surface area contributed by atoms with Crippen molar-refractivity contribution in [2.75, 3.05) is 24.5 Å². The Morgan fingerprint density at radius 3 is 3.19 bits per heavy atom. The molecule has 6 heteroatoms. The van der Waals surface area contributed by atoms with Gasteiger partial charge in [-0.25, -0.2) is 15.0 Å². The number of nitrogens with zero attached hydrogens (tertiary/aromatic N) is 4. The molecule has 0 spiro atoms. The smallest absolute Gasteiger partial charge is 0.182 e. The van der Waals surface area contributed by atoms with E-state index in [0.29, 0.717) is 5.92 Å². The zero-order valence-electron chi connectivity index (χ0n) is 8.93. The number of anilines is 1. The molecule has 3 N–H and O–H groups in total. The minimum absolute atomic E-state index is 0.577. The van der Waals surface area contributed by atoms with E-state index >= 15 is 0 Å². The minimum Gasteiger partial charge on any atom is -0.354 e. The average Bonchev–Trinajstić information content (AvgIpc) is 2.97. The van der Waals surface area contributed by atoms with Crippen LogP contribution in [0.3, 0.4) is 0 Å². The van der Waals surface area contributed by atoms with Crippen LogP contribution in [0.1, 0.15) is 6.42 Å². The van der Waals surface area contributed by atoms with Gasteiger partial charge < -0.3 is 15.6 Å². The van der Waals surface area contributed by atoms with Gasteiger partial charge in [0.25, 0.3) is 0 Å². The number of rotatable bonds is 2. The van der Waals surface area contributed by atoms with Crippen LogP contribution in [0.25, 0.3) is 11.2 Å². The maximum Gasteiger partial charge on any atom is 0.182 e. The number of nitrogens with one attached hydrogen (secondary N) is 1. The standard InChI is InChI=1S/C10H14N6/c11-3-7-1-2-16(4-7)10-8-9(13-5-12-8)14-6-15-10/h5-7H,1-4,11H2,(H,12,13,14,15). The topological polar surface area (TPSA) is 83.7 Å². The molecule has 84 valence electrons. The predicted molar refractivity (Wildman–Crippen MR) is 61.1 cm³/mol. The van der Waals surface area contributed by atoms with Gasteiger partial charge in [0.2, 0.25) is 0 Å². The van der Waals surface area contributed by atoms with Gasteiger partial charge in [0, 0.05) is 13.1 Å². The van der Waals surface area contributed by atoms with Crippen molar-refractivity contribution in [2.24, 2.45) is 11.7 Å². The molecule has 1 fully saturated rings. The van der Waals surface area contributed by atoms with Crippen molar-refractivity contribution in [2.45, 2.75) is 6.42 Å². The Labute approximate surface area is 92.9 Å². The fraction of sp³-hybridized carbons (Fsp3) is 0.500. The second kappa shape index (κ2) is 3.71. The van der Waals surface area contributed by atoms with Crippen molar-refractivity contribution < 1.29 is 0 Å². The summed E-state index contributed by atoms with van der Waals surface area (Å²) >= 11 is 0. The summed E-state index contributed by atoms with van der Waals surface area (Å²) in [6, 6.07) is 0. The van der Waals surface area contributed by atoms with Gasteiger partial charge in [-0.1, -0.05) is 0 Å². The SMILES string of the molecule is NCC1CCN(c2ncnc3nc[nH]c23)C1. The summed E-state index contributed by atoms with van der Waals surface area (Å²) in [5.74, 6) is 1.52. The number of fused-ring (bicyclic) bond motifs is 1. The molecule has 2 aromatic heterocycles. The van der Waals surface area contributed by atoms with Crippen LogP contribution < -0.4 is 10.6 Å². The van der Waals surface area contributed by atoms with Gasteiger partial charge in [-0.2, -0.15) is 0 Å². The number of imidazole rings is 1. The molecule has 6 nitrogen and oxygen atoms in total. The lowest BCUT2D eigenvalue weighted by atomic mass is 10.1. The van der Waals surface area contributed by atoms with Crippen molar-refractivity contribution in [3.8, 4) is 0 Å². The van der Waals surface area contributed by atoms with Crippen molar-refractivity contribution >= 4 is 17.0 Å². The van der Waals surface area contributed by atoms with Crippen molar-refractivity contribution in [1.29, 1.82) is 0 Å². The Morgan fingerprint density at radius 2 is 2.38 bits per heavy atom.